The van der Waals surface area contributed by atoms with E-state index in [2.05, 4.69) is 253 Å². The molecule has 0 saturated carbocycles. The van der Waals surface area contributed by atoms with E-state index in [9.17, 15) is 0 Å². The molecule has 3 aliphatic heterocycles. The van der Waals surface area contributed by atoms with Crippen molar-refractivity contribution in [2.45, 2.75) is 10.8 Å². The molecular formula is C62H41B2N. The molecule has 0 bridgehead atoms. The van der Waals surface area contributed by atoms with Crippen LogP contribution in [0, 0.1) is 0 Å². The highest BCUT2D eigenvalue weighted by atomic mass is 15.0. The van der Waals surface area contributed by atoms with Crippen molar-refractivity contribution in [3.63, 3.8) is 0 Å². The summed E-state index contributed by atoms with van der Waals surface area (Å²) in [6.07, 6.45) is 0. The van der Waals surface area contributed by atoms with E-state index in [0.29, 0.717) is 0 Å². The average molecular weight is 822 g/mol. The molecule has 65 heavy (non-hydrogen) atoms. The van der Waals surface area contributed by atoms with Crippen LogP contribution in [0.1, 0.15) is 44.5 Å². The van der Waals surface area contributed by atoms with Gasteiger partial charge in [0.15, 0.2) is 0 Å². The number of benzene rings is 10. The quantitative estimate of drug-likeness (QED) is 0.156. The van der Waals surface area contributed by atoms with Gasteiger partial charge in [-0.25, -0.2) is 0 Å². The zero-order chi connectivity index (χ0) is 42.7. The molecule has 0 amide bonds. The molecule has 3 aliphatic rings. The summed E-state index contributed by atoms with van der Waals surface area (Å²) >= 11 is 0. The minimum Gasteiger partial charge on any atom is -0.310 e. The first-order valence-corrected chi connectivity index (χ1v) is 23.0. The van der Waals surface area contributed by atoms with E-state index in [1.165, 1.54) is 105 Å². The lowest BCUT2D eigenvalue weighted by Gasteiger charge is -2.53. The summed E-state index contributed by atoms with van der Waals surface area (Å²) in [5.74, 6) is 0. The lowest BCUT2D eigenvalue weighted by atomic mass is 9.24. The predicted octanol–water partition coefficient (Wildman–Crippen LogP) is 9.52. The lowest BCUT2D eigenvalue weighted by molar-refractivity contribution is 0.725. The largest absolute Gasteiger partial charge is 0.310 e. The van der Waals surface area contributed by atoms with Crippen LogP contribution in [0.4, 0.5) is 0 Å². The zero-order valence-corrected chi connectivity index (χ0v) is 35.8. The van der Waals surface area contributed by atoms with E-state index in [0.717, 1.165) is 0 Å². The molecule has 0 aliphatic carbocycles. The summed E-state index contributed by atoms with van der Waals surface area (Å²) in [5.41, 5.74) is 21.4. The minimum atomic E-state index is -0.604. The maximum Gasteiger partial charge on any atom is 0.244 e. The summed E-state index contributed by atoms with van der Waals surface area (Å²) < 4.78 is 2.51. The first kappa shape index (κ1) is 36.6. The number of aromatic nitrogens is 1. The molecule has 0 N–H and O–H groups in total. The van der Waals surface area contributed by atoms with Gasteiger partial charge in [-0.3, -0.25) is 0 Å². The van der Waals surface area contributed by atoms with E-state index >= 15 is 0 Å². The van der Waals surface area contributed by atoms with Crippen molar-refractivity contribution >= 4 is 68.0 Å². The van der Waals surface area contributed by atoms with Crippen LogP contribution in [0.5, 0.6) is 0 Å². The average Bonchev–Trinajstić information content (AvgIpc) is 3.73. The van der Waals surface area contributed by atoms with Crippen LogP contribution in [-0.4, -0.2) is 18.0 Å². The SMILES string of the molecule is c1ccc(-n2c3ccccc3c3cccc(B4c5ccccc5C5(c6ccccc6B6c7ccccc7C(c7ccccc7)(c7ccccc7)c7cccc5c76)c5ccccc54)c32)cc1. The third kappa shape index (κ3) is 4.70. The number of nitrogens with zero attached hydrogens (tertiary/aromatic N) is 1. The Hall–Kier alpha value is -7.87. The van der Waals surface area contributed by atoms with Gasteiger partial charge in [-0.05, 0) is 68.2 Å². The first-order chi connectivity index (χ1) is 32.3. The summed E-state index contributed by atoms with van der Waals surface area (Å²) in [7, 11) is 0. The fraction of sp³-hybridized carbons (Fsp3) is 0.0323. The molecule has 0 fully saturated rings. The molecule has 0 radical (unpaired) electrons. The van der Waals surface area contributed by atoms with Gasteiger partial charge in [0.25, 0.3) is 0 Å². The number of hydrogen-bond donors (Lipinski definition) is 0. The second kappa shape index (κ2) is 13.8. The topological polar surface area (TPSA) is 4.93 Å². The third-order valence-corrected chi connectivity index (χ3v) is 15.4. The Bertz CT molecular complexity index is 3600. The molecule has 0 unspecified atom stereocenters. The molecule has 1 spiro atoms. The Balaban J connectivity index is 1.13. The monoisotopic (exact) mass is 821 g/mol. The normalized spacial score (nSPS) is 14.6. The van der Waals surface area contributed by atoms with Gasteiger partial charge < -0.3 is 4.57 Å². The second-order valence-electron chi connectivity index (χ2n) is 18.1. The van der Waals surface area contributed by atoms with Crippen LogP contribution < -0.4 is 32.8 Å². The van der Waals surface area contributed by atoms with Crippen LogP contribution in [0.15, 0.2) is 249 Å². The fourth-order valence-corrected chi connectivity index (χ4v) is 13.2. The Kier molecular flexibility index (Phi) is 7.78. The van der Waals surface area contributed by atoms with E-state index in [4.69, 9.17) is 0 Å². The van der Waals surface area contributed by atoms with Crippen LogP contribution in [0.3, 0.4) is 0 Å². The molecule has 1 aromatic heterocycles. The first-order valence-electron chi connectivity index (χ1n) is 23.0. The molecule has 0 atom stereocenters. The minimum absolute atomic E-state index is 0.0265. The predicted molar refractivity (Wildman–Crippen MR) is 273 cm³/mol. The van der Waals surface area contributed by atoms with Crippen molar-refractivity contribution in [2.24, 2.45) is 0 Å². The summed E-state index contributed by atoms with van der Waals surface area (Å²) in [4.78, 5) is 0. The lowest BCUT2D eigenvalue weighted by Crippen LogP contribution is -2.71. The zero-order valence-electron chi connectivity index (χ0n) is 35.8. The van der Waals surface area contributed by atoms with Gasteiger partial charge in [-0.15, -0.1) is 0 Å². The second-order valence-corrected chi connectivity index (χ2v) is 18.1. The molecule has 0 saturated heterocycles. The third-order valence-electron chi connectivity index (χ3n) is 15.4. The molecule has 300 valence electrons. The van der Waals surface area contributed by atoms with Gasteiger partial charge in [0, 0.05) is 22.0 Å². The van der Waals surface area contributed by atoms with Gasteiger partial charge in [-0.1, -0.05) is 258 Å². The summed E-state index contributed by atoms with van der Waals surface area (Å²) in [6.45, 7) is 0.0218. The van der Waals surface area contributed by atoms with Crippen molar-refractivity contribution in [3.05, 3.63) is 293 Å². The van der Waals surface area contributed by atoms with Crippen molar-refractivity contribution in [1.29, 1.82) is 0 Å². The molecule has 10 aromatic carbocycles. The van der Waals surface area contributed by atoms with Gasteiger partial charge in [0.1, 0.15) is 0 Å². The molecule has 4 heterocycles. The van der Waals surface area contributed by atoms with Gasteiger partial charge in [0.2, 0.25) is 13.4 Å². The van der Waals surface area contributed by atoms with E-state index in [-0.39, 0.29) is 13.4 Å². The van der Waals surface area contributed by atoms with Gasteiger partial charge in [-0.2, -0.15) is 0 Å². The maximum atomic E-state index is 2.51. The van der Waals surface area contributed by atoms with Crippen molar-refractivity contribution in [1.82, 2.24) is 4.57 Å². The molecule has 1 nitrogen and oxygen atoms in total. The Morgan fingerprint density at radius 2 is 0.662 bits per heavy atom. The van der Waals surface area contributed by atoms with Crippen molar-refractivity contribution in [2.75, 3.05) is 0 Å². The van der Waals surface area contributed by atoms with E-state index in [1.807, 2.05) is 0 Å². The van der Waals surface area contributed by atoms with Crippen LogP contribution in [0.2, 0.25) is 0 Å². The summed E-state index contributed by atoms with van der Waals surface area (Å²) in [5, 5.41) is 2.54. The Labute approximate surface area is 380 Å². The van der Waals surface area contributed by atoms with E-state index in [1.54, 1.807) is 0 Å². The molecule has 11 aromatic rings. The van der Waals surface area contributed by atoms with Crippen LogP contribution >= 0.6 is 0 Å². The smallest absolute Gasteiger partial charge is 0.244 e. The standard InChI is InChI=1S/C62H41B2N/c1-4-22-42(23-5-1)61(43-24-6-2-7-25-43)47-30-11-17-38-55(47)64-56-39-18-14-33-50(56)62(52-35-21-34-51(61)59(52)64)48-31-12-15-36-53(48)63(54-37-16-13-32-49(54)62)57-40-20-29-46-45-28-10-19-41-58(45)65(60(46)57)44-26-8-3-9-27-44/h1-41H. The highest BCUT2D eigenvalue weighted by molar-refractivity contribution is 6.99. The van der Waals surface area contributed by atoms with Crippen LogP contribution in [-0.2, 0) is 10.8 Å². The van der Waals surface area contributed by atoms with Crippen LogP contribution in [0.25, 0.3) is 27.5 Å². The highest BCUT2D eigenvalue weighted by Crippen LogP contribution is 2.52. The number of rotatable bonds is 4. The van der Waals surface area contributed by atoms with Gasteiger partial charge >= 0.3 is 0 Å². The van der Waals surface area contributed by atoms with Crippen molar-refractivity contribution < 1.29 is 0 Å². The molecule has 14 rings (SSSR count). The number of fused-ring (bicyclic) bond motifs is 13. The maximum absolute atomic E-state index is 2.51. The highest BCUT2D eigenvalue weighted by Gasteiger charge is 2.57. The summed E-state index contributed by atoms with van der Waals surface area (Å²) in [6, 6.07) is 94.3. The molecule has 3 heteroatoms. The van der Waals surface area contributed by atoms with E-state index < -0.39 is 10.8 Å². The Morgan fingerprint density at radius 1 is 0.277 bits per heavy atom. The molecular weight excluding hydrogens is 780 g/mol. The van der Waals surface area contributed by atoms with Gasteiger partial charge in [0.05, 0.1) is 16.3 Å². The van der Waals surface area contributed by atoms with Crippen molar-refractivity contribution in [3.8, 4) is 5.69 Å². The fourth-order valence-electron chi connectivity index (χ4n) is 13.2. The Morgan fingerprint density at radius 3 is 1.23 bits per heavy atom. The number of hydrogen-bond acceptors (Lipinski definition) is 0. The number of para-hydroxylation sites is 3.